The molecule has 142 valence electrons. The number of hydrogen-bond donors (Lipinski definition) is 1. The molecule has 0 spiro atoms. The summed E-state index contributed by atoms with van der Waals surface area (Å²) in [5.74, 6) is 1.43. The molecule has 0 heterocycles. The molecule has 2 aromatic carbocycles. The monoisotopic (exact) mass is 385 g/mol. The third-order valence-electron chi connectivity index (χ3n) is 5.45. The smallest absolute Gasteiger partial charge is 0.405 e. The van der Waals surface area contributed by atoms with E-state index in [9.17, 15) is 4.79 Å². The minimum Gasteiger partial charge on any atom is -0.492 e. The number of carbonyl (C=O) groups is 1. The molecule has 1 atom stereocenters. The van der Waals surface area contributed by atoms with E-state index < -0.39 is 6.09 Å². The maximum absolute atomic E-state index is 11.3. The van der Waals surface area contributed by atoms with Crippen molar-refractivity contribution in [3.05, 3.63) is 52.5 Å². The predicted octanol–water partition coefficient (Wildman–Crippen LogP) is 5.51. The molecule has 1 fully saturated rings. The Morgan fingerprint density at radius 3 is 2.56 bits per heavy atom. The lowest BCUT2D eigenvalue weighted by Gasteiger charge is -2.26. The van der Waals surface area contributed by atoms with Gasteiger partial charge in [-0.3, -0.25) is 0 Å². The third kappa shape index (κ3) is 3.77. The largest absolute Gasteiger partial charge is 0.492 e. The van der Waals surface area contributed by atoms with Gasteiger partial charge in [-0.1, -0.05) is 49.7 Å². The third-order valence-corrected chi connectivity index (χ3v) is 5.75. The standard InChI is InChI=1S/C22H24ClNO3/c1-22(2)11-16-9-14(5-7-17(16)20(22)27-21(24)25)15-6-8-19(18(23)10-15)26-12-13-3-4-13/h5-10,13,20H,3-4,11-12H2,1-2H3,(H2,24,25)/t20-/m0/s1. The van der Waals surface area contributed by atoms with Gasteiger partial charge in [-0.05, 0) is 59.6 Å². The lowest BCUT2D eigenvalue weighted by molar-refractivity contribution is 0.0392. The summed E-state index contributed by atoms with van der Waals surface area (Å²) in [4.78, 5) is 11.3. The van der Waals surface area contributed by atoms with Crippen molar-refractivity contribution in [1.82, 2.24) is 0 Å². The maximum Gasteiger partial charge on any atom is 0.405 e. The van der Waals surface area contributed by atoms with Crippen molar-refractivity contribution < 1.29 is 14.3 Å². The van der Waals surface area contributed by atoms with Gasteiger partial charge in [0, 0.05) is 5.41 Å². The first-order valence-corrected chi connectivity index (χ1v) is 9.73. The number of hydrogen-bond acceptors (Lipinski definition) is 3. The fraction of sp³-hybridized carbons (Fsp3) is 0.409. The molecule has 0 unspecified atom stereocenters. The summed E-state index contributed by atoms with van der Waals surface area (Å²) in [6.07, 6.45) is 2.27. The molecular weight excluding hydrogens is 362 g/mol. The summed E-state index contributed by atoms with van der Waals surface area (Å²) in [5.41, 5.74) is 9.40. The topological polar surface area (TPSA) is 61.6 Å². The van der Waals surface area contributed by atoms with Crippen molar-refractivity contribution in [2.45, 2.75) is 39.2 Å². The molecule has 0 bridgehead atoms. The van der Waals surface area contributed by atoms with E-state index in [0.717, 1.165) is 35.5 Å². The normalized spacial score (nSPS) is 20.2. The first-order chi connectivity index (χ1) is 12.8. The zero-order valence-corrected chi connectivity index (χ0v) is 16.4. The van der Waals surface area contributed by atoms with Crippen molar-refractivity contribution in [2.75, 3.05) is 6.61 Å². The molecule has 0 aromatic heterocycles. The van der Waals surface area contributed by atoms with Gasteiger partial charge in [0.1, 0.15) is 11.9 Å². The number of carbonyl (C=O) groups excluding carboxylic acids is 1. The van der Waals surface area contributed by atoms with E-state index in [1.165, 1.54) is 18.4 Å². The number of amides is 1. The molecule has 2 N–H and O–H groups in total. The molecule has 0 saturated heterocycles. The van der Waals surface area contributed by atoms with Crippen LogP contribution in [-0.4, -0.2) is 12.7 Å². The van der Waals surface area contributed by atoms with Gasteiger partial charge >= 0.3 is 6.09 Å². The summed E-state index contributed by atoms with van der Waals surface area (Å²) < 4.78 is 11.2. The highest BCUT2D eigenvalue weighted by atomic mass is 35.5. The van der Waals surface area contributed by atoms with Crippen LogP contribution in [0, 0.1) is 11.3 Å². The molecule has 0 radical (unpaired) electrons. The highest BCUT2D eigenvalue weighted by Gasteiger charge is 2.41. The highest BCUT2D eigenvalue weighted by molar-refractivity contribution is 6.32. The molecule has 2 aliphatic carbocycles. The van der Waals surface area contributed by atoms with Crippen LogP contribution in [0.5, 0.6) is 5.75 Å². The van der Waals surface area contributed by atoms with Crippen molar-refractivity contribution in [3.8, 4) is 16.9 Å². The molecular formula is C22H24ClNO3. The maximum atomic E-state index is 11.3. The molecule has 27 heavy (non-hydrogen) atoms. The van der Waals surface area contributed by atoms with Crippen LogP contribution >= 0.6 is 11.6 Å². The second-order valence-corrected chi connectivity index (χ2v) is 8.70. The van der Waals surface area contributed by atoms with Gasteiger partial charge in [-0.25, -0.2) is 4.79 Å². The Hall–Kier alpha value is -2.20. The highest BCUT2D eigenvalue weighted by Crippen LogP contribution is 2.48. The van der Waals surface area contributed by atoms with Gasteiger partial charge in [-0.2, -0.15) is 0 Å². The Bertz CT molecular complexity index is 889. The first-order valence-electron chi connectivity index (χ1n) is 9.35. The SMILES string of the molecule is CC1(C)Cc2cc(-c3ccc(OCC4CC4)c(Cl)c3)ccc2[C@@H]1OC(N)=O. The Balaban J connectivity index is 1.59. The number of nitrogens with two attached hydrogens (primary N) is 1. The van der Waals surface area contributed by atoms with E-state index in [-0.39, 0.29) is 11.5 Å². The summed E-state index contributed by atoms with van der Waals surface area (Å²) in [6, 6.07) is 12.1. The minimum absolute atomic E-state index is 0.186. The molecule has 1 saturated carbocycles. The predicted molar refractivity (Wildman–Crippen MR) is 106 cm³/mol. The van der Waals surface area contributed by atoms with Crippen LogP contribution in [0.3, 0.4) is 0 Å². The van der Waals surface area contributed by atoms with Crippen LogP contribution in [0.4, 0.5) is 4.79 Å². The Labute approximate surface area is 164 Å². The number of ether oxygens (including phenoxy) is 2. The zero-order valence-electron chi connectivity index (χ0n) is 15.6. The fourth-order valence-electron chi connectivity index (χ4n) is 3.83. The molecule has 4 nitrogen and oxygen atoms in total. The van der Waals surface area contributed by atoms with Crippen molar-refractivity contribution in [3.63, 3.8) is 0 Å². The van der Waals surface area contributed by atoms with E-state index in [0.29, 0.717) is 10.9 Å². The second kappa shape index (κ2) is 6.75. The van der Waals surface area contributed by atoms with Gasteiger partial charge in [0.25, 0.3) is 0 Å². The van der Waals surface area contributed by atoms with Crippen molar-refractivity contribution >= 4 is 17.7 Å². The summed E-state index contributed by atoms with van der Waals surface area (Å²) in [6.45, 7) is 4.92. The minimum atomic E-state index is -0.737. The molecule has 5 heteroatoms. The molecule has 1 amide bonds. The van der Waals surface area contributed by atoms with E-state index >= 15 is 0 Å². The van der Waals surface area contributed by atoms with E-state index in [1.807, 2.05) is 30.3 Å². The fourth-order valence-corrected chi connectivity index (χ4v) is 4.06. The van der Waals surface area contributed by atoms with Gasteiger partial charge in [0.2, 0.25) is 0 Å². The lowest BCUT2D eigenvalue weighted by Crippen LogP contribution is -2.25. The molecule has 2 aromatic rings. The number of rotatable bonds is 5. The average Bonchev–Trinajstić information content (AvgIpc) is 3.39. The van der Waals surface area contributed by atoms with E-state index in [2.05, 4.69) is 19.9 Å². The van der Waals surface area contributed by atoms with Gasteiger partial charge < -0.3 is 15.2 Å². The van der Waals surface area contributed by atoms with Crippen LogP contribution in [0.2, 0.25) is 5.02 Å². The Kier molecular flexibility index (Phi) is 4.55. The summed E-state index contributed by atoms with van der Waals surface area (Å²) in [5, 5.41) is 0.629. The number of primary amides is 1. The van der Waals surface area contributed by atoms with Crippen LogP contribution in [0.15, 0.2) is 36.4 Å². The molecule has 2 aliphatic rings. The summed E-state index contributed by atoms with van der Waals surface area (Å²) >= 11 is 6.43. The summed E-state index contributed by atoms with van der Waals surface area (Å²) in [7, 11) is 0. The van der Waals surface area contributed by atoms with Gasteiger partial charge in [0.05, 0.1) is 11.6 Å². The number of fused-ring (bicyclic) bond motifs is 1. The Morgan fingerprint density at radius 1 is 1.19 bits per heavy atom. The van der Waals surface area contributed by atoms with Gasteiger partial charge in [-0.15, -0.1) is 0 Å². The van der Waals surface area contributed by atoms with Crippen LogP contribution in [0.25, 0.3) is 11.1 Å². The number of halogens is 1. The van der Waals surface area contributed by atoms with Crippen LogP contribution in [-0.2, 0) is 11.2 Å². The van der Waals surface area contributed by atoms with E-state index in [4.69, 9.17) is 26.8 Å². The Morgan fingerprint density at radius 2 is 1.89 bits per heavy atom. The average molecular weight is 386 g/mol. The number of benzene rings is 2. The van der Waals surface area contributed by atoms with Crippen LogP contribution < -0.4 is 10.5 Å². The lowest BCUT2D eigenvalue weighted by atomic mass is 9.87. The van der Waals surface area contributed by atoms with Crippen molar-refractivity contribution in [1.29, 1.82) is 0 Å². The first kappa shape index (κ1) is 18.2. The molecule has 4 rings (SSSR count). The van der Waals surface area contributed by atoms with Crippen LogP contribution in [0.1, 0.15) is 43.9 Å². The van der Waals surface area contributed by atoms with Crippen molar-refractivity contribution in [2.24, 2.45) is 17.1 Å². The quantitative estimate of drug-likeness (QED) is 0.737. The van der Waals surface area contributed by atoms with Gasteiger partial charge in [0.15, 0.2) is 0 Å². The molecule has 0 aliphatic heterocycles. The second-order valence-electron chi connectivity index (χ2n) is 8.30. The zero-order chi connectivity index (χ0) is 19.2. The van der Waals surface area contributed by atoms with E-state index in [1.54, 1.807) is 0 Å².